The molecular weight excluding hydrogens is 640 g/mol. The molecule has 3 atom stereocenters. The Balaban J connectivity index is 1.34. The smallest absolute Gasteiger partial charge is 0.407 e. The number of aromatic nitrogens is 3. The molecule has 10 nitrogen and oxygen atoms in total. The number of rotatable bonds is 14. The normalized spacial score (nSPS) is 15.4. The van der Waals surface area contributed by atoms with E-state index in [0.717, 1.165) is 80.3 Å². The first-order valence-electron chi connectivity index (χ1n) is 18.1. The average Bonchev–Trinajstić information content (AvgIpc) is 3.78. The van der Waals surface area contributed by atoms with E-state index < -0.39 is 6.09 Å². The number of methoxy groups -OCH3 is 1. The average molecular weight is 693 g/mol. The van der Waals surface area contributed by atoms with Crippen LogP contribution in [0.25, 0.3) is 39.0 Å². The largest absolute Gasteiger partial charge is 0.470 e. The summed E-state index contributed by atoms with van der Waals surface area (Å²) >= 11 is 0. The van der Waals surface area contributed by atoms with Crippen molar-refractivity contribution < 1.29 is 19.1 Å². The van der Waals surface area contributed by atoms with Gasteiger partial charge in [-0.25, -0.2) is 9.78 Å². The zero-order valence-corrected chi connectivity index (χ0v) is 31.3. The van der Waals surface area contributed by atoms with Gasteiger partial charge in [-0.3, -0.25) is 9.79 Å². The first-order chi connectivity index (χ1) is 24.5. The Hall–Kier alpha value is -5.12. The highest BCUT2D eigenvalue weighted by atomic mass is 16.5. The number of hydrogen-bond donors (Lipinski definition) is 2. The Morgan fingerprint density at radius 1 is 1.14 bits per heavy atom. The Labute approximate surface area is 301 Å². The fraction of sp³-hybridized carbons (Fsp3) is 0.415. The Kier molecular flexibility index (Phi) is 11.8. The predicted octanol–water partition coefficient (Wildman–Crippen LogP) is 9.09. The Bertz CT molecular complexity index is 1970. The number of allylic oxidation sites excluding steroid dienone is 1. The summed E-state index contributed by atoms with van der Waals surface area (Å²) in [6, 6.07) is 14.9. The molecule has 0 radical (unpaired) electrons. The molecule has 0 spiro atoms. The quantitative estimate of drug-likeness (QED) is 0.101. The molecule has 3 heterocycles. The number of carbonyl (C=O) groups is 2. The minimum absolute atomic E-state index is 0.0146. The van der Waals surface area contributed by atoms with Crippen LogP contribution in [0.5, 0.6) is 5.75 Å². The molecule has 51 heavy (non-hydrogen) atoms. The van der Waals surface area contributed by atoms with Crippen LogP contribution in [0.3, 0.4) is 0 Å². The fourth-order valence-electron chi connectivity index (χ4n) is 6.97. The lowest BCUT2D eigenvalue weighted by molar-refractivity contribution is -0.131. The number of hydrogen-bond acceptors (Lipinski definition) is 6. The molecule has 2 aromatic heterocycles. The van der Waals surface area contributed by atoms with E-state index in [1.807, 2.05) is 45.0 Å². The number of nitrogens with zero attached hydrogens (tertiary/aromatic N) is 4. The molecule has 1 aliphatic heterocycles. The van der Waals surface area contributed by atoms with Crippen LogP contribution in [0.15, 0.2) is 72.0 Å². The summed E-state index contributed by atoms with van der Waals surface area (Å²) in [6.07, 6.45) is 6.55. The van der Waals surface area contributed by atoms with Crippen molar-refractivity contribution in [3.8, 4) is 28.3 Å². The molecule has 4 aromatic rings. The summed E-state index contributed by atoms with van der Waals surface area (Å²) < 4.78 is 13.5. The number of H-pyrrole nitrogens is 1. The van der Waals surface area contributed by atoms with E-state index >= 15 is 0 Å². The van der Waals surface area contributed by atoms with E-state index in [9.17, 15) is 9.59 Å². The number of amides is 2. The van der Waals surface area contributed by atoms with Gasteiger partial charge in [-0.1, -0.05) is 45.1 Å². The lowest BCUT2D eigenvalue weighted by Gasteiger charge is -2.30. The molecule has 10 heteroatoms. The van der Waals surface area contributed by atoms with Gasteiger partial charge < -0.3 is 29.2 Å². The number of carbonyl (C=O) groups excluding carboxylic acids is 2. The van der Waals surface area contributed by atoms with Gasteiger partial charge >= 0.3 is 6.09 Å². The van der Waals surface area contributed by atoms with Crippen LogP contribution in [0.4, 0.5) is 4.79 Å². The number of nitrogens with one attached hydrogen (secondary N) is 2. The van der Waals surface area contributed by atoms with Crippen LogP contribution in [0.1, 0.15) is 91.8 Å². The van der Waals surface area contributed by atoms with Crippen LogP contribution in [-0.4, -0.2) is 62.9 Å². The first kappa shape index (κ1) is 37.1. The molecule has 0 fully saturated rings. The lowest BCUT2D eigenvalue weighted by Crippen LogP contribution is -2.43. The molecule has 3 unspecified atom stereocenters. The number of ether oxygens (including phenoxy) is 2. The van der Waals surface area contributed by atoms with Gasteiger partial charge in [0.15, 0.2) is 6.23 Å². The molecular formula is C41H52N6O4. The zero-order chi connectivity index (χ0) is 36.8. The van der Waals surface area contributed by atoms with Crippen LogP contribution < -0.4 is 10.1 Å². The fourth-order valence-corrected chi connectivity index (χ4v) is 6.97. The van der Waals surface area contributed by atoms with Crippen LogP contribution in [0.2, 0.25) is 0 Å². The van der Waals surface area contributed by atoms with Gasteiger partial charge in [-0.05, 0) is 88.4 Å². The first-order valence-corrected chi connectivity index (χ1v) is 18.1. The highest BCUT2D eigenvalue weighted by molar-refractivity contribution is 5.93. The SMILES string of the molecule is C=C(CCc1ncc(-c2ccc3c(c2)cc2n3C(C)Oc3cc(/C(C)=C/N=C(C)C(CC)N(CC)C(=O)CC)ccc3-2)[nH]1)C(CC)NC(=O)OC. The number of aromatic amines is 1. The molecule has 0 aliphatic carbocycles. The summed E-state index contributed by atoms with van der Waals surface area (Å²) in [7, 11) is 1.36. The van der Waals surface area contributed by atoms with E-state index in [4.69, 9.17) is 14.5 Å². The second-order valence-corrected chi connectivity index (χ2v) is 13.1. The van der Waals surface area contributed by atoms with Crippen molar-refractivity contribution in [1.29, 1.82) is 0 Å². The summed E-state index contributed by atoms with van der Waals surface area (Å²) in [5, 5.41) is 3.96. The van der Waals surface area contributed by atoms with Crippen molar-refractivity contribution in [2.24, 2.45) is 4.99 Å². The van der Waals surface area contributed by atoms with Crippen molar-refractivity contribution in [3.05, 3.63) is 78.4 Å². The number of imidazole rings is 1. The Morgan fingerprint density at radius 2 is 1.92 bits per heavy atom. The maximum absolute atomic E-state index is 12.5. The highest BCUT2D eigenvalue weighted by Gasteiger charge is 2.26. The van der Waals surface area contributed by atoms with Gasteiger partial charge in [0.25, 0.3) is 0 Å². The van der Waals surface area contributed by atoms with Crippen molar-refractivity contribution in [3.63, 3.8) is 0 Å². The maximum Gasteiger partial charge on any atom is 0.407 e. The molecule has 1 aliphatic rings. The second-order valence-electron chi connectivity index (χ2n) is 13.1. The third-order valence-electron chi connectivity index (χ3n) is 9.88. The minimum Gasteiger partial charge on any atom is -0.470 e. The van der Waals surface area contributed by atoms with Crippen molar-refractivity contribution in [2.45, 2.75) is 98.9 Å². The summed E-state index contributed by atoms with van der Waals surface area (Å²) in [5.41, 5.74) is 9.18. The van der Waals surface area contributed by atoms with Crippen molar-refractivity contribution in [1.82, 2.24) is 24.8 Å². The van der Waals surface area contributed by atoms with Crippen LogP contribution in [-0.2, 0) is 16.0 Å². The topological polar surface area (TPSA) is 114 Å². The lowest BCUT2D eigenvalue weighted by atomic mass is 10.0. The minimum atomic E-state index is -0.452. The van der Waals surface area contributed by atoms with E-state index in [1.54, 1.807) is 0 Å². The standard InChI is InChI=1S/C41H52N6O4/c1-10-33(45-41(49)50-9)25(5)14-19-39-43-24-34(44-39)30-16-18-36-31(20-30)21-37-32-17-15-29(22-38(32)51-28(8)47(36)37)26(6)23-42-27(7)35(11-2)46(13-4)40(48)12-3/h15-18,20-24,28,33,35H,5,10-14,19H2,1-4,6-9H3,(H,43,44)(H,45,49)/b26-23+,42-27?. The van der Waals surface area contributed by atoms with Gasteiger partial charge in [-0.15, -0.1) is 0 Å². The Morgan fingerprint density at radius 3 is 2.61 bits per heavy atom. The van der Waals surface area contributed by atoms with Crippen LogP contribution in [0, 0.1) is 0 Å². The summed E-state index contributed by atoms with van der Waals surface area (Å²) in [6.45, 7) is 19.0. The molecule has 2 aromatic carbocycles. The number of aliphatic imine (C=N–C) groups is 1. The van der Waals surface area contributed by atoms with E-state index in [2.05, 4.69) is 89.7 Å². The monoisotopic (exact) mass is 692 g/mol. The van der Waals surface area contributed by atoms with Crippen molar-refractivity contribution >= 4 is 34.2 Å². The van der Waals surface area contributed by atoms with Gasteiger partial charge in [-0.2, -0.15) is 0 Å². The number of benzene rings is 2. The maximum atomic E-state index is 12.5. The summed E-state index contributed by atoms with van der Waals surface area (Å²) in [5.74, 6) is 1.86. The van der Waals surface area contributed by atoms with Gasteiger partial charge in [0, 0.05) is 47.8 Å². The van der Waals surface area contributed by atoms with E-state index in [-0.39, 0.29) is 24.2 Å². The molecule has 5 rings (SSSR count). The van der Waals surface area contributed by atoms with Gasteiger partial charge in [0.2, 0.25) is 5.91 Å². The van der Waals surface area contributed by atoms with Crippen molar-refractivity contribution in [2.75, 3.05) is 13.7 Å². The summed E-state index contributed by atoms with van der Waals surface area (Å²) in [4.78, 5) is 39.0. The van der Waals surface area contributed by atoms with Gasteiger partial charge in [0.1, 0.15) is 11.6 Å². The number of alkyl carbamates (subject to hydrolysis) is 1. The van der Waals surface area contributed by atoms with E-state index in [0.29, 0.717) is 25.8 Å². The second kappa shape index (κ2) is 16.3. The molecule has 2 amide bonds. The van der Waals surface area contributed by atoms with E-state index in [1.165, 1.54) is 7.11 Å². The third-order valence-corrected chi connectivity index (χ3v) is 9.88. The third kappa shape index (κ3) is 7.95. The highest BCUT2D eigenvalue weighted by Crippen LogP contribution is 2.43. The molecule has 0 bridgehead atoms. The molecule has 270 valence electrons. The number of aryl methyl sites for hydroxylation is 1. The molecule has 0 saturated carbocycles. The number of fused-ring (bicyclic) bond motifs is 5. The predicted molar refractivity (Wildman–Crippen MR) is 206 cm³/mol. The molecule has 0 saturated heterocycles. The van der Waals surface area contributed by atoms with Gasteiger partial charge in [0.05, 0.1) is 42.3 Å². The van der Waals surface area contributed by atoms with Crippen LogP contribution >= 0.6 is 0 Å². The zero-order valence-electron chi connectivity index (χ0n) is 31.3. The molecule has 2 N–H and O–H groups in total.